The number of rotatable bonds is 4. The Bertz CT molecular complexity index is 593. The number of hydrogen-bond acceptors (Lipinski definition) is 3. The van der Waals surface area contributed by atoms with Gasteiger partial charge in [0.25, 0.3) is 0 Å². The highest BCUT2D eigenvalue weighted by Crippen LogP contribution is 2.31. The van der Waals surface area contributed by atoms with Gasteiger partial charge in [-0.2, -0.15) is 0 Å². The fourth-order valence-electron chi connectivity index (χ4n) is 3.15. The highest BCUT2D eigenvalue weighted by atomic mass is 32.2. The molecule has 1 aliphatic heterocycles. The van der Waals surface area contributed by atoms with Crippen molar-refractivity contribution in [3.8, 4) is 0 Å². The zero-order valence-corrected chi connectivity index (χ0v) is 13.7. The summed E-state index contributed by atoms with van der Waals surface area (Å²) in [5.41, 5.74) is 5.20. The number of sulfone groups is 1. The molecule has 3 nitrogen and oxygen atoms in total. The van der Waals surface area contributed by atoms with Crippen molar-refractivity contribution in [1.29, 1.82) is 0 Å². The van der Waals surface area contributed by atoms with E-state index in [2.05, 4.69) is 38.2 Å². The Kier molecular flexibility index (Phi) is 4.55. The molecule has 1 aliphatic rings. The van der Waals surface area contributed by atoms with Crippen LogP contribution in [0.5, 0.6) is 0 Å². The second-order valence-electron chi connectivity index (χ2n) is 6.14. The van der Waals surface area contributed by atoms with Gasteiger partial charge in [0.05, 0.1) is 11.5 Å². The van der Waals surface area contributed by atoms with Gasteiger partial charge in [-0.25, -0.2) is 8.42 Å². The lowest BCUT2D eigenvalue weighted by Gasteiger charge is -2.23. The lowest BCUT2D eigenvalue weighted by Crippen LogP contribution is -2.21. The van der Waals surface area contributed by atoms with Gasteiger partial charge in [-0.1, -0.05) is 12.1 Å². The molecule has 4 heteroatoms. The van der Waals surface area contributed by atoms with Crippen LogP contribution in [0.4, 0.5) is 0 Å². The van der Waals surface area contributed by atoms with E-state index in [-0.39, 0.29) is 6.04 Å². The maximum Gasteiger partial charge on any atom is 0.150 e. The molecule has 0 amide bonds. The first kappa shape index (κ1) is 15.5. The van der Waals surface area contributed by atoms with Gasteiger partial charge in [0.2, 0.25) is 0 Å². The average molecular weight is 295 g/mol. The lowest BCUT2D eigenvalue weighted by atomic mass is 9.90. The van der Waals surface area contributed by atoms with E-state index in [9.17, 15) is 8.42 Å². The third-order valence-electron chi connectivity index (χ3n) is 4.50. The van der Waals surface area contributed by atoms with E-state index in [0.29, 0.717) is 17.4 Å². The van der Waals surface area contributed by atoms with Crippen LogP contribution in [0.15, 0.2) is 12.1 Å². The molecule has 0 radical (unpaired) electrons. The minimum Gasteiger partial charge on any atom is -0.313 e. The maximum atomic E-state index is 11.6. The first-order chi connectivity index (χ1) is 9.32. The molecule has 1 heterocycles. The SMILES string of the molecule is CNC(CC1CCS(=O)(=O)C1)c1cc(C)c(C)cc1C. The fraction of sp³-hybridized carbons (Fsp3) is 0.625. The van der Waals surface area contributed by atoms with Gasteiger partial charge in [0.1, 0.15) is 0 Å². The van der Waals surface area contributed by atoms with E-state index in [1.54, 1.807) is 0 Å². The highest BCUT2D eigenvalue weighted by molar-refractivity contribution is 7.91. The second-order valence-corrected chi connectivity index (χ2v) is 8.37. The van der Waals surface area contributed by atoms with Crippen LogP contribution < -0.4 is 5.32 Å². The Morgan fingerprint density at radius 1 is 1.20 bits per heavy atom. The van der Waals surface area contributed by atoms with Crippen LogP contribution in [-0.4, -0.2) is 27.0 Å². The van der Waals surface area contributed by atoms with E-state index < -0.39 is 9.84 Å². The van der Waals surface area contributed by atoms with Crippen molar-refractivity contribution in [2.75, 3.05) is 18.6 Å². The van der Waals surface area contributed by atoms with E-state index >= 15 is 0 Å². The summed E-state index contributed by atoms with van der Waals surface area (Å²) in [7, 11) is -0.823. The molecule has 0 bridgehead atoms. The Morgan fingerprint density at radius 2 is 1.85 bits per heavy atom. The summed E-state index contributed by atoms with van der Waals surface area (Å²) in [5, 5.41) is 3.37. The van der Waals surface area contributed by atoms with Gasteiger partial charge in [-0.15, -0.1) is 0 Å². The molecule has 2 rings (SSSR count). The minimum atomic E-state index is -2.78. The van der Waals surface area contributed by atoms with Crippen molar-refractivity contribution in [1.82, 2.24) is 5.32 Å². The van der Waals surface area contributed by atoms with Crippen LogP contribution in [0.3, 0.4) is 0 Å². The summed E-state index contributed by atoms with van der Waals surface area (Å²) in [6, 6.07) is 4.71. The molecule has 20 heavy (non-hydrogen) atoms. The van der Waals surface area contributed by atoms with Crippen LogP contribution in [0.1, 0.15) is 41.1 Å². The van der Waals surface area contributed by atoms with Crippen molar-refractivity contribution in [2.45, 2.75) is 39.7 Å². The third kappa shape index (κ3) is 3.41. The Morgan fingerprint density at radius 3 is 2.40 bits per heavy atom. The van der Waals surface area contributed by atoms with Crippen molar-refractivity contribution in [3.05, 3.63) is 34.4 Å². The largest absolute Gasteiger partial charge is 0.313 e. The second kappa shape index (κ2) is 5.86. The van der Waals surface area contributed by atoms with Gasteiger partial charge >= 0.3 is 0 Å². The monoisotopic (exact) mass is 295 g/mol. The van der Waals surface area contributed by atoms with Crippen LogP contribution in [0.2, 0.25) is 0 Å². The predicted molar refractivity (Wildman–Crippen MR) is 83.8 cm³/mol. The summed E-state index contributed by atoms with van der Waals surface area (Å²) < 4.78 is 23.2. The third-order valence-corrected chi connectivity index (χ3v) is 6.34. The van der Waals surface area contributed by atoms with Crippen LogP contribution in [0.25, 0.3) is 0 Å². The van der Waals surface area contributed by atoms with Gasteiger partial charge in [-0.05, 0) is 68.8 Å². The Balaban J connectivity index is 2.19. The minimum absolute atomic E-state index is 0.243. The molecule has 0 aromatic heterocycles. The Hall–Kier alpha value is -0.870. The van der Waals surface area contributed by atoms with Gasteiger partial charge < -0.3 is 5.32 Å². The molecule has 0 aliphatic carbocycles. The quantitative estimate of drug-likeness (QED) is 0.929. The topological polar surface area (TPSA) is 46.2 Å². The molecule has 1 aromatic carbocycles. The first-order valence-corrected chi connectivity index (χ1v) is 9.10. The van der Waals surface area contributed by atoms with Crippen molar-refractivity contribution >= 4 is 9.84 Å². The van der Waals surface area contributed by atoms with E-state index in [4.69, 9.17) is 0 Å². The zero-order valence-electron chi connectivity index (χ0n) is 12.9. The molecule has 1 fully saturated rings. The van der Waals surface area contributed by atoms with Crippen LogP contribution >= 0.6 is 0 Å². The van der Waals surface area contributed by atoms with Crippen LogP contribution in [0, 0.1) is 26.7 Å². The van der Waals surface area contributed by atoms with E-state index in [0.717, 1.165) is 12.8 Å². The molecule has 1 N–H and O–H groups in total. The number of aryl methyl sites for hydroxylation is 3. The molecule has 1 saturated heterocycles. The molecule has 112 valence electrons. The summed E-state index contributed by atoms with van der Waals surface area (Å²) >= 11 is 0. The average Bonchev–Trinajstić information content (AvgIpc) is 2.71. The zero-order chi connectivity index (χ0) is 14.9. The highest BCUT2D eigenvalue weighted by Gasteiger charge is 2.30. The number of nitrogens with one attached hydrogen (secondary N) is 1. The molecule has 0 spiro atoms. The first-order valence-electron chi connectivity index (χ1n) is 7.28. The predicted octanol–water partition coefficient (Wildman–Crippen LogP) is 2.70. The number of benzene rings is 1. The van der Waals surface area contributed by atoms with E-state index in [1.807, 2.05) is 7.05 Å². The molecule has 1 aromatic rings. The summed E-state index contributed by atoms with van der Waals surface area (Å²) in [5.74, 6) is 1.01. The maximum absolute atomic E-state index is 11.6. The van der Waals surface area contributed by atoms with Crippen molar-refractivity contribution in [3.63, 3.8) is 0 Å². The molecule has 2 atom stereocenters. The van der Waals surface area contributed by atoms with Gasteiger partial charge in [0, 0.05) is 6.04 Å². The molecule has 0 saturated carbocycles. The lowest BCUT2D eigenvalue weighted by molar-refractivity contribution is 0.436. The molecular formula is C16H25NO2S. The van der Waals surface area contributed by atoms with Gasteiger partial charge in [-0.3, -0.25) is 0 Å². The van der Waals surface area contributed by atoms with Crippen LogP contribution in [-0.2, 0) is 9.84 Å². The fourth-order valence-corrected chi connectivity index (χ4v) is 5.03. The summed E-state index contributed by atoms with van der Waals surface area (Å²) in [4.78, 5) is 0. The normalized spacial score (nSPS) is 22.9. The van der Waals surface area contributed by atoms with Crippen molar-refractivity contribution < 1.29 is 8.42 Å². The Labute approximate surface area is 122 Å². The van der Waals surface area contributed by atoms with Crippen molar-refractivity contribution in [2.24, 2.45) is 5.92 Å². The van der Waals surface area contributed by atoms with Gasteiger partial charge in [0.15, 0.2) is 9.84 Å². The molecule has 2 unspecified atom stereocenters. The summed E-state index contributed by atoms with van der Waals surface area (Å²) in [6.45, 7) is 6.40. The number of hydrogen-bond donors (Lipinski definition) is 1. The summed E-state index contributed by atoms with van der Waals surface area (Å²) in [6.07, 6.45) is 1.71. The molecular weight excluding hydrogens is 270 g/mol. The van der Waals surface area contributed by atoms with E-state index in [1.165, 1.54) is 22.3 Å². The smallest absolute Gasteiger partial charge is 0.150 e. The standard InChI is InChI=1S/C16H25NO2S/c1-11-7-13(3)15(8-12(11)2)16(17-4)9-14-5-6-20(18,19)10-14/h7-8,14,16-17H,5-6,9-10H2,1-4H3.